The molecule has 20 heavy (non-hydrogen) atoms. The zero-order chi connectivity index (χ0) is 14.0. The molecule has 5 heteroatoms. The van der Waals surface area contributed by atoms with Gasteiger partial charge < -0.3 is 19.3 Å². The Balaban J connectivity index is 1.58. The van der Waals surface area contributed by atoms with E-state index in [0.29, 0.717) is 19.3 Å². The molecule has 0 aromatic carbocycles. The minimum atomic E-state index is -0.416. The van der Waals surface area contributed by atoms with Crippen LogP contribution in [0, 0.1) is 0 Å². The van der Waals surface area contributed by atoms with Crippen LogP contribution in [-0.4, -0.2) is 67.0 Å². The molecule has 2 atom stereocenters. The number of piperidine rings is 1. The zero-order valence-corrected chi connectivity index (χ0v) is 12.4. The van der Waals surface area contributed by atoms with E-state index < -0.39 is 5.79 Å². The van der Waals surface area contributed by atoms with E-state index in [0.717, 1.165) is 51.8 Å². The predicted octanol–water partition coefficient (Wildman–Crippen LogP) is 1.14. The van der Waals surface area contributed by atoms with Gasteiger partial charge in [0, 0.05) is 38.6 Å². The van der Waals surface area contributed by atoms with Crippen LogP contribution in [0.15, 0.2) is 0 Å². The highest BCUT2D eigenvalue weighted by molar-refractivity contribution is 4.94. The first-order chi connectivity index (χ1) is 9.72. The van der Waals surface area contributed by atoms with Crippen LogP contribution in [0.3, 0.4) is 0 Å². The lowest BCUT2D eigenvalue weighted by Crippen LogP contribution is -2.55. The lowest BCUT2D eigenvalue weighted by Gasteiger charge is -2.46. The molecule has 0 aromatic rings. The molecule has 1 N–H and O–H groups in total. The zero-order valence-electron chi connectivity index (χ0n) is 12.4. The molecule has 3 fully saturated rings. The Hall–Kier alpha value is -0.200. The van der Waals surface area contributed by atoms with Crippen LogP contribution < -0.4 is 0 Å². The summed E-state index contributed by atoms with van der Waals surface area (Å²) in [4.78, 5) is 2.41. The van der Waals surface area contributed by atoms with E-state index in [-0.39, 0.29) is 12.1 Å². The summed E-state index contributed by atoms with van der Waals surface area (Å²) < 4.78 is 17.4. The highest BCUT2D eigenvalue weighted by atomic mass is 16.7. The van der Waals surface area contributed by atoms with Crippen molar-refractivity contribution in [2.45, 2.75) is 63.1 Å². The number of hydrogen-bond donors (Lipinski definition) is 1. The van der Waals surface area contributed by atoms with Gasteiger partial charge in [0.15, 0.2) is 5.79 Å². The van der Waals surface area contributed by atoms with Crippen molar-refractivity contribution in [3.05, 3.63) is 0 Å². The number of hydrogen-bond acceptors (Lipinski definition) is 5. The third kappa shape index (κ3) is 3.02. The number of aliphatic hydroxyl groups excluding tert-OH is 1. The summed E-state index contributed by atoms with van der Waals surface area (Å²) in [6.45, 7) is 6.23. The standard InChI is InChI=1S/C15H27NO4/c1-2-18-12-4-7-16(8-5-12)13-11-15(6-3-14(13)17)19-9-10-20-15/h12-14,17H,2-11H2,1H3. The fraction of sp³-hybridized carbons (Fsp3) is 1.00. The second-order valence-electron chi connectivity index (χ2n) is 6.18. The Bertz CT molecular complexity index is 311. The minimum absolute atomic E-state index is 0.171. The van der Waals surface area contributed by atoms with Gasteiger partial charge in [0.2, 0.25) is 0 Å². The van der Waals surface area contributed by atoms with Crippen LogP contribution in [-0.2, 0) is 14.2 Å². The summed E-state index contributed by atoms with van der Waals surface area (Å²) >= 11 is 0. The molecule has 2 unspecified atom stereocenters. The first-order valence-electron chi connectivity index (χ1n) is 8.04. The Labute approximate surface area is 121 Å². The van der Waals surface area contributed by atoms with E-state index in [1.54, 1.807) is 0 Å². The van der Waals surface area contributed by atoms with Gasteiger partial charge in [0.25, 0.3) is 0 Å². The third-order valence-electron chi connectivity index (χ3n) is 4.95. The van der Waals surface area contributed by atoms with Gasteiger partial charge in [-0.05, 0) is 26.2 Å². The predicted molar refractivity (Wildman–Crippen MR) is 74.5 cm³/mol. The van der Waals surface area contributed by atoms with Crippen molar-refractivity contribution in [1.29, 1.82) is 0 Å². The molecule has 3 aliphatic rings. The molecule has 2 aliphatic heterocycles. The van der Waals surface area contributed by atoms with Crippen molar-refractivity contribution in [3.8, 4) is 0 Å². The first kappa shape index (κ1) is 14.7. The minimum Gasteiger partial charge on any atom is -0.391 e. The van der Waals surface area contributed by atoms with Crippen LogP contribution >= 0.6 is 0 Å². The molecule has 5 nitrogen and oxygen atoms in total. The SMILES string of the molecule is CCOC1CCN(C2CC3(CCC2O)OCCO3)CC1. The van der Waals surface area contributed by atoms with E-state index in [9.17, 15) is 5.11 Å². The Morgan fingerprint density at radius 2 is 1.90 bits per heavy atom. The lowest BCUT2D eigenvalue weighted by atomic mass is 9.85. The molecule has 2 saturated heterocycles. The largest absolute Gasteiger partial charge is 0.391 e. The number of aliphatic hydroxyl groups is 1. The van der Waals surface area contributed by atoms with E-state index in [4.69, 9.17) is 14.2 Å². The topological polar surface area (TPSA) is 51.2 Å². The van der Waals surface area contributed by atoms with Crippen molar-refractivity contribution in [1.82, 2.24) is 4.90 Å². The molecule has 3 rings (SSSR count). The summed E-state index contributed by atoms with van der Waals surface area (Å²) in [6.07, 6.45) is 4.66. The average Bonchev–Trinajstić information content (AvgIpc) is 2.92. The number of likely N-dealkylation sites (tertiary alicyclic amines) is 1. The summed E-state index contributed by atoms with van der Waals surface area (Å²) in [5, 5.41) is 10.4. The fourth-order valence-electron chi connectivity index (χ4n) is 3.86. The maximum atomic E-state index is 10.4. The van der Waals surface area contributed by atoms with Crippen molar-refractivity contribution >= 4 is 0 Å². The molecule has 2 heterocycles. The summed E-state index contributed by atoms with van der Waals surface area (Å²) in [6, 6.07) is 0.171. The monoisotopic (exact) mass is 285 g/mol. The molecule has 0 aromatic heterocycles. The van der Waals surface area contributed by atoms with Crippen LogP contribution in [0.2, 0.25) is 0 Å². The molecule has 116 valence electrons. The van der Waals surface area contributed by atoms with Gasteiger partial charge in [0.1, 0.15) is 0 Å². The highest BCUT2D eigenvalue weighted by Gasteiger charge is 2.46. The van der Waals surface area contributed by atoms with Crippen LogP contribution in [0.4, 0.5) is 0 Å². The van der Waals surface area contributed by atoms with Crippen molar-refractivity contribution in [2.24, 2.45) is 0 Å². The van der Waals surface area contributed by atoms with Crippen molar-refractivity contribution in [2.75, 3.05) is 32.9 Å². The molecule has 0 radical (unpaired) electrons. The average molecular weight is 285 g/mol. The third-order valence-corrected chi connectivity index (χ3v) is 4.95. The highest BCUT2D eigenvalue weighted by Crippen LogP contribution is 2.38. The summed E-state index contributed by atoms with van der Waals surface area (Å²) in [5.74, 6) is -0.416. The molecular weight excluding hydrogens is 258 g/mol. The molecule has 1 aliphatic carbocycles. The Morgan fingerprint density at radius 1 is 1.20 bits per heavy atom. The van der Waals surface area contributed by atoms with Gasteiger partial charge in [-0.2, -0.15) is 0 Å². The second-order valence-corrected chi connectivity index (χ2v) is 6.18. The summed E-state index contributed by atoms with van der Waals surface area (Å²) in [5.41, 5.74) is 0. The van der Waals surface area contributed by atoms with E-state index in [1.807, 2.05) is 0 Å². The normalized spacial score (nSPS) is 35.7. The smallest absolute Gasteiger partial charge is 0.170 e. The van der Waals surface area contributed by atoms with Gasteiger partial charge >= 0.3 is 0 Å². The molecule has 0 amide bonds. The molecular formula is C15H27NO4. The van der Waals surface area contributed by atoms with Crippen molar-refractivity contribution in [3.63, 3.8) is 0 Å². The number of rotatable bonds is 3. The number of ether oxygens (including phenoxy) is 3. The quantitative estimate of drug-likeness (QED) is 0.843. The fourth-order valence-corrected chi connectivity index (χ4v) is 3.86. The van der Waals surface area contributed by atoms with Gasteiger partial charge in [0.05, 0.1) is 25.4 Å². The molecule has 1 spiro atoms. The van der Waals surface area contributed by atoms with Gasteiger partial charge in [-0.1, -0.05) is 0 Å². The Kier molecular flexibility index (Phi) is 4.62. The maximum absolute atomic E-state index is 10.4. The number of nitrogens with zero attached hydrogens (tertiary/aromatic N) is 1. The van der Waals surface area contributed by atoms with Gasteiger partial charge in [-0.25, -0.2) is 0 Å². The Morgan fingerprint density at radius 3 is 2.55 bits per heavy atom. The van der Waals surface area contributed by atoms with Crippen LogP contribution in [0.5, 0.6) is 0 Å². The van der Waals surface area contributed by atoms with Gasteiger partial charge in [-0.3, -0.25) is 4.90 Å². The second kappa shape index (κ2) is 6.28. The maximum Gasteiger partial charge on any atom is 0.170 e. The van der Waals surface area contributed by atoms with Crippen molar-refractivity contribution < 1.29 is 19.3 Å². The molecule has 1 saturated carbocycles. The van der Waals surface area contributed by atoms with Gasteiger partial charge in [-0.15, -0.1) is 0 Å². The lowest BCUT2D eigenvalue weighted by molar-refractivity contribution is -0.207. The first-order valence-corrected chi connectivity index (χ1v) is 8.04. The molecule has 0 bridgehead atoms. The summed E-state index contributed by atoms with van der Waals surface area (Å²) in [7, 11) is 0. The van der Waals surface area contributed by atoms with E-state index in [1.165, 1.54) is 0 Å². The van der Waals surface area contributed by atoms with E-state index >= 15 is 0 Å². The van der Waals surface area contributed by atoms with E-state index in [2.05, 4.69) is 11.8 Å². The van der Waals surface area contributed by atoms with Crippen LogP contribution in [0.1, 0.15) is 39.0 Å². The van der Waals surface area contributed by atoms with Crippen LogP contribution in [0.25, 0.3) is 0 Å².